The number of hydrogen-bond acceptors (Lipinski definition) is 10. The molecule has 4 rings (SSSR count). The molecule has 7 N–H and O–H groups in total. The summed E-state index contributed by atoms with van der Waals surface area (Å²) in [5.74, 6) is -2.79. The topological polar surface area (TPSA) is 220 Å². The van der Waals surface area contributed by atoms with Gasteiger partial charge in [0.2, 0.25) is 29.5 Å². The van der Waals surface area contributed by atoms with Crippen LogP contribution in [0.15, 0.2) is 54.6 Å². The van der Waals surface area contributed by atoms with Crippen molar-refractivity contribution in [2.45, 2.75) is 131 Å². The number of rotatable bonds is 13. The standard InChI is InChI=1S/C46H65ClN6O9/c1-25(2)37(48)42(57)51-27(4)40(55)49-23-28-14-17-30(18-15-28)39-38(62-39)26(3)34-12-11-13-36(54)52-32(21-29-16-19-35(60-10)31(47)20-29)41(56)50-24-46(8,9)44(59)53-33(43(58)61-34)22-45(5,6)7/h11,13-20,25-27,32-34,37-39H,12,21-24,48H2,1-10H3,(H,49,55)(H,50,56)(H,51,57)(H,52,54)(H,53,59)/b13-11-/t26-,27-,32+,33-,34-,37-,38+,39+/m0/s1. The van der Waals surface area contributed by atoms with Crippen LogP contribution < -0.4 is 37.1 Å². The van der Waals surface area contributed by atoms with Crippen molar-refractivity contribution in [1.29, 1.82) is 0 Å². The Balaban J connectivity index is 1.51. The fourth-order valence-corrected chi connectivity index (χ4v) is 7.21. The monoisotopic (exact) mass is 880 g/mol. The maximum atomic E-state index is 14.0. The molecular formula is C46H65ClN6O9. The van der Waals surface area contributed by atoms with Crippen molar-refractivity contribution < 1.29 is 43.0 Å². The van der Waals surface area contributed by atoms with E-state index in [9.17, 15) is 28.8 Å². The molecule has 0 spiro atoms. The van der Waals surface area contributed by atoms with Gasteiger partial charge in [-0.1, -0.05) is 89.6 Å². The number of halogens is 1. The number of esters is 1. The van der Waals surface area contributed by atoms with Gasteiger partial charge in [0.1, 0.15) is 36.1 Å². The van der Waals surface area contributed by atoms with E-state index in [2.05, 4.69) is 26.6 Å². The second-order valence-corrected chi connectivity index (χ2v) is 19.0. The Bertz CT molecular complexity index is 1960. The van der Waals surface area contributed by atoms with Gasteiger partial charge in [0.25, 0.3) is 0 Å². The first-order valence-electron chi connectivity index (χ1n) is 21.2. The van der Waals surface area contributed by atoms with E-state index in [4.69, 9.17) is 31.5 Å². The van der Waals surface area contributed by atoms with Gasteiger partial charge in [0.05, 0.1) is 29.7 Å². The van der Waals surface area contributed by atoms with Crippen LogP contribution in [0.2, 0.25) is 5.02 Å². The van der Waals surface area contributed by atoms with E-state index in [1.807, 2.05) is 65.8 Å². The number of nitrogens with one attached hydrogen (secondary N) is 5. The number of cyclic esters (lactones) is 1. The number of hydrogen-bond donors (Lipinski definition) is 6. The Morgan fingerprint density at radius 1 is 0.968 bits per heavy atom. The molecule has 0 aliphatic carbocycles. The van der Waals surface area contributed by atoms with Gasteiger partial charge in [-0.2, -0.15) is 0 Å². The normalized spacial score (nSPS) is 24.3. The molecule has 0 saturated carbocycles. The van der Waals surface area contributed by atoms with Crippen LogP contribution in [0, 0.1) is 22.7 Å². The Hall–Kier alpha value is -4.99. The summed E-state index contributed by atoms with van der Waals surface area (Å²) >= 11 is 6.37. The smallest absolute Gasteiger partial charge is 0.328 e. The average molecular weight is 882 g/mol. The molecule has 2 aliphatic rings. The van der Waals surface area contributed by atoms with E-state index in [1.165, 1.54) is 13.2 Å². The first-order valence-corrected chi connectivity index (χ1v) is 21.5. The Morgan fingerprint density at radius 3 is 2.24 bits per heavy atom. The van der Waals surface area contributed by atoms with Crippen LogP contribution in [0.1, 0.15) is 97.9 Å². The third-order valence-electron chi connectivity index (χ3n) is 11.1. The van der Waals surface area contributed by atoms with Crippen LogP contribution in [0.4, 0.5) is 0 Å². The molecule has 1 saturated heterocycles. The van der Waals surface area contributed by atoms with Crippen LogP contribution in [-0.2, 0) is 51.2 Å². The number of carbonyl (C=O) groups excluding carboxylic acids is 6. The molecule has 5 amide bonds. The zero-order chi connectivity index (χ0) is 46.1. The zero-order valence-corrected chi connectivity index (χ0v) is 38.3. The number of nitrogens with two attached hydrogens (primary N) is 1. The molecule has 340 valence electrons. The number of benzene rings is 2. The van der Waals surface area contributed by atoms with Crippen molar-refractivity contribution in [2.75, 3.05) is 13.7 Å². The summed E-state index contributed by atoms with van der Waals surface area (Å²) in [6.07, 6.45) is 2.04. The van der Waals surface area contributed by atoms with Gasteiger partial charge in [-0.25, -0.2) is 4.79 Å². The van der Waals surface area contributed by atoms with Crippen molar-refractivity contribution in [3.63, 3.8) is 0 Å². The van der Waals surface area contributed by atoms with E-state index < -0.39 is 59.4 Å². The third kappa shape index (κ3) is 14.3. The van der Waals surface area contributed by atoms with Crippen molar-refractivity contribution in [3.8, 4) is 5.75 Å². The first kappa shape index (κ1) is 49.7. The van der Waals surface area contributed by atoms with E-state index in [0.717, 1.165) is 11.1 Å². The lowest BCUT2D eigenvalue weighted by Gasteiger charge is -2.32. The molecule has 2 aliphatic heterocycles. The first-order chi connectivity index (χ1) is 29.0. The molecule has 8 atom stereocenters. The summed E-state index contributed by atoms with van der Waals surface area (Å²) in [6.45, 7) is 16.5. The Labute approximate surface area is 370 Å². The van der Waals surface area contributed by atoms with E-state index in [0.29, 0.717) is 16.3 Å². The molecule has 0 bridgehead atoms. The Kier molecular flexibility index (Phi) is 17.1. The zero-order valence-electron chi connectivity index (χ0n) is 37.6. The van der Waals surface area contributed by atoms with Crippen LogP contribution in [0.25, 0.3) is 0 Å². The lowest BCUT2D eigenvalue weighted by molar-refractivity contribution is -0.157. The van der Waals surface area contributed by atoms with Gasteiger partial charge in [0, 0.05) is 31.8 Å². The molecule has 15 nitrogen and oxygen atoms in total. The van der Waals surface area contributed by atoms with E-state index in [-0.39, 0.29) is 73.6 Å². The number of epoxide rings is 1. The van der Waals surface area contributed by atoms with E-state index >= 15 is 0 Å². The lowest BCUT2D eigenvalue weighted by atomic mass is 9.86. The number of amides is 5. The molecule has 2 aromatic carbocycles. The predicted octanol–water partition coefficient (Wildman–Crippen LogP) is 4.19. The number of ether oxygens (including phenoxy) is 3. The highest BCUT2D eigenvalue weighted by atomic mass is 35.5. The van der Waals surface area contributed by atoms with Gasteiger partial charge < -0.3 is 46.5 Å². The second kappa shape index (κ2) is 21.4. The lowest BCUT2D eigenvalue weighted by Crippen LogP contribution is -2.54. The van der Waals surface area contributed by atoms with Crippen LogP contribution in [-0.4, -0.2) is 85.5 Å². The minimum atomic E-state index is -1.15. The molecule has 2 heterocycles. The molecule has 1 fully saturated rings. The quantitative estimate of drug-likeness (QED) is 0.125. The van der Waals surface area contributed by atoms with Crippen LogP contribution in [0.3, 0.4) is 0 Å². The molecule has 2 aromatic rings. The Morgan fingerprint density at radius 2 is 1.63 bits per heavy atom. The summed E-state index contributed by atoms with van der Waals surface area (Å²) in [5.41, 5.74) is 6.78. The summed E-state index contributed by atoms with van der Waals surface area (Å²) < 4.78 is 17.6. The minimum Gasteiger partial charge on any atom is -0.495 e. The van der Waals surface area contributed by atoms with Crippen LogP contribution >= 0.6 is 11.6 Å². The third-order valence-corrected chi connectivity index (χ3v) is 11.4. The van der Waals surface area contributed by atoms with Crippen molar-refractivity contribution in [3.05, 3.63) is 76.3 Å². The van der Waals surface area contributed by atoms with Crippen molar-refractivity contribution in [1.82, 2.24) is 26.6 Å². The second-order valence-electron chi connectivity index (χ2n) is 18.6. The summed E-state index contributed by atoms with van der Waals surface area (Å²) in [5, 5.41) is 14.4. The number of methoxy groups -OCH3 is 1. The fraction of sp³-hybridized carbons (Fsp3) is 0.565. The highest BCUT2D eigenvalue weighted by Crippen LogP contribution is 2.45. The highest BCUT2D eigenvalue weighted by Gasteiger charge is 2.48. The molecule has 16 heteroatoms. The largest absolute Gasteiger partial charge is 0.495 e. The maximum Gasteiger partial charge on any atom is 0.328 e. The molecular weight excluding hydrogens is 816 g/mol. The van der Waals surface area contributed by atoms with Gasteiger partial charge in [0.15, 0.2) is 0 Å². The van der Waals surface area contributed by atoms with Gasteiger partial charge in [-0.15, -0.1) is 0 Å². The van der Waals surface area contributed by atoms with Gasteiger partial charge in [-0.05, 0) is 73.4 Å². The van der Waals surface area contributed by atoms with E-state index in [1.54, 1.807) is 45.0 Å². The minimum absolute atomic E-state index is 0.0670. The maximum absolute atomic E-state index is 14.0. The molecule has 62 heavy (non-hydrogen) atoms. The van der Waals surface area contributed by atoms with Crippen LogP contribution in [0.5, 0.6) is 5.75 Å². The van der Waals surface area contributed by atoms with Crippen molar-refractivity contribution in [2.24, 2.45) is 28.4 Å². The van der Waals surface area contributed by atoms with Crippen molar-refractivity contribution >= 4 is 47.1 Å². The summed E-state index contributed by atoms with van der Waals surface area (Å²) in [7, 11) is 1.50. The summed E-state index contributed by atoms with van der Waals surface area (Å²) in [6, 6.07) is 9.18. The summed E-state index contributed by atoms with van der Waals surface area (Å²) in [4.78, 5) is 79.8. The number of carbonyl (C=O) groups is 6. The average Bonchev–Trinajstić information content (AvgIpc) is 4.01. The highest BCUT2D eigenvalue weighted by molar-refractivity contribution is 6.32. The molecule has 0 radical (unpaired) electrons. The SMILES string of the molecule is COc1ccc(C[C@H]2NC(=O)/C=C\C[C@@H]([C@H](C)[C@H]3O[C@@H]3c3ccc(CNC(=O)[C@H](C)NC(=O)[C@@H](N)C(C)C)cc3)OC(=O)[C@H](CC(C)(C)C)NC(=O)C(C)(C)CNC2=O)cc1Cl. The predicted molar refractivity (Wildman–Crippen MR) is 236 cm³/mol. The fourth-order valence-electron chi connectivity index (χ4n) is 6.93. The molecule has 0 aromatic heterocycles. The van der Waals surface area contributed by atoms with Gasteiger partial charge >= 0.3 is 5.97 Å². The molecule has 0 unspecified atom stereocenters. The van der Waals surface area contributed by atoms with Gasteiger partial charge in [-0.3, -0.25) is 24.0 Å².